The number of aromatic nitrogens is 1. The molecule has 1 N–H and O–H groups in total. The fraction of sp³-hybridized carbons (Fsp3) is 0.167. The van der Waals surface area contributed by atoms with Crippen LogP contribution in [-0.2, 0) is 6.54 Å². The zero-order valence-corrected chi connectivity index (χ0v) is 9.79. The van der Waals surface area contributed by atoms with Crippen LogP contribution in [0, 0.1) is 17.5 Å². The summed E-state index contributed by atoms with van der Waals surface area (Å²) in [5.74, 6) is -6.64. The van der Waals surface area contributed by atoms with Gasteiger partial charge in [-0.2, -0.15) is 0 Å². The van der Waals surface area contributed by atoms with Gasteiger partial charge in [0.05, 0.1) is 12.1 Å². The zero-order valence-electron chi connectivity index (χ0n) is 9.79. The lowest BCUT2D eigenvalue weighted by atomic mass is 10.1. The zero-order chi connectivity index (χ0) is 15.0. The number of hydrogen-bond donors (Lipinski definition) is 1. The molecule has 2 aromatic rings. The molecule has 4 nitrogen and oxygen atoms in total. The average molecular weight is 289 g/mol. The van der Waals surface area contributed by atoms with E-state index in [0.717, 1.165) is 6.07 Å². The second-order valence-electron chi connectivity index (χ2n) is 3.93. The Bertz CT molecular complexity index is 770. The van der Waals surface area contributed by atoms with E-state index in [9.17, 15) is 27.2 Å². The minimum atomic E-state index is -1.81. The Kier molecular flexibility index (Phi) is 3.47. The van der Waals surface area contributed by atoms with Gasteiger partial charge in [-0.1, -0.05) is 0 Å². The number of benzene rings is 1. The Morgan fingerprint density at radius 2 is 1.85 bits per heavy atom. The minimum Gasteiger partial charge on any atom is -0.477 e. The normalized spacial score (nSPS) is 11.0. The Balaban J connectivity index is 3.01. The molecule has 0 bridgehead atoms. The highest BCUT2D eigenvalue weighted by atomic mass is 19.2. The van der Waals surface area contributed by atoms with Gasteiger partial charge in [0.1, 0.15) is 12.2 Å². The van der Waals surface area contributed by atoms with Gasteiger partial charge in [-0.3, -0.25) is 4.79 Å². The molecular weight excluding hydrogens is 282 g/mol. The van der Waals surface area contributed by atoms with Crippen molar-refractivity contribution in [2.24, 2.45) is 0 Å². The first-order valence-electron chi connectivity index (χ1n) is 5.38. The molecule has 1 aromatic carbocycles. The lowest BCUT2D eigenvalue weighted by Crippen LogP contribution is -2.28. The summed E-state index contributed by atoms with van der Waals surface area (Å²) in [7, 11) is 0. The van der Waals surface area contributed by atoms with Gasteiger partial charge in [-0.05, 0) is 12.1 Å². The van der Waals surface area contributed by atoms with Crippen molar-refractivity contribution in [3.63, 3.8) is 0 Å². The van der Waals surface area contributed by atoms with E-state index in [0.29, 0.717) is 10.6 Å². The lowest BCUT2D eigenvalue weighted by Gasteiger charge is -2.11. The van der Waals surface area contributed by atoms with Crippen molar-refractivity contribution in [3.05, 3.63) is 45.5 Å². The Morgan fingerprint density at radius 3 is 2.40 bits per heavy atom. The second-order valence-corrected chi connectivity index (χ2v) is 3.93. The van der Waals surface area contributed by atoms with Crippen LogP contribution >= 0.6 is 0 Å². The molecule has 0 amide bonds. The number of carboxylic acid groups (broad SMARTS) is 1. The molecular formula is C12H7F4NO3. The summed E-state index contributed by atoms with van der Waals surface area (Å²) < 4.78 is 52.9. The Morgan fingerprint density at radius 1 is 1.20 bits per heavy atom. The smallest absolute Gasteiger partial charge is 0.341 e. The maximum atomic E-state index is 13.7. The number of pyridine rings is 1. The van der Waals surface area contributed by atoms with Crippen molar-refractivity contribution in [2.45, 2.75) is 6.54 Å². The topological polar surface area (TPSA) is 59.3 Å². The van der Waals surface area contributed by atoms with E-state index in [2.05, 4.69) is 0 Å². The third-order valence-electron chi connectivity index (χ3n) is 2.75. The summed E-state index contributed by atoms with van der Waals surface area (Å²) in [4.78, 5) is 22.7. The van der Waals surface area contributed by atoms with Gasteiger partial charge in [-0.15, -0.1) is 0 Å². The van der Waals surface area contributed by atoms with Gasteiger partial charge in [0, 0.05) is 5.39 Å². The predicted octanol–water partition coefficient (Wildman–Crippen LogP) is 2.09. The Hall–Kier alpha value is -2.38. The van der Waals surface area contributed by atoms with Crippen molar-refractivity contribution < 1.29 is 27.5 Å². The molecule has 0 spiro atoms. The highest BCUT2D eigenvalue weighted by Gasteiger charge is 2.21. The molecule has 0 saturated carbocycles. The number of carboxylic acids is 1. The summed E-state index contributed by atoms with van der Waals surface area (Å²) in [6.45, 7) is -1.77. The van der Waals surface area contributed by atoms with E-state index in [1.165, 1.54) is 0 Å². The molecule has 1 aromatic heterocycles. The maximum absolute atomic E-state index is 13.7. The van der Waals surface area contributed by atoms with Crippen LogP contribution in [0.4, 0.5) is 17.6 Å². The van der Waals surface area contributed by atoms with Gasteiger partial charge in [0.15, 0.2) is 17.5 Å². The molecule has 8 heteroatoms. The molecule has 0 fully saturated rings. The van der Waals surface area contributed by atoms with Crippen LogP contribution in [0.2, 0.25) is 0 Å². The highest BCUT2D eigenvalue weighted by molar-refractivity contribution is 5.92. The monoisotopic (exact) mass is 289 g/mol. The number of aromatic carboxylic acids is 1. The summed E-state index contributed by atoms with van der Waals surface area (Å²) in [5.41, 5.74) is -2.64. The molecule has 106 valence electrons. The standard InChI is InChI=1S/C12H7F4NO3/c13-1-2-17-10-5(3-6(11(17)18)12(19)20)4-7(14)8(15)9(10)16/h3-4H,1-2H2,(H,19,20). The molecule has 0 saturated heterocycles. The van der Waals surface area contributed by atoms with Crippen molar-refractivity contribution in [1.82, 2.24) is 4.57 Å². The van der Waals surface area contributed by atoms with Gasteiger partial charge < -0.3 is 9.67 Å². The number of hydrogen-bond acceptors (Lipinski definition) is 2. The number of halogens is 4. The number of carbonyl (C=O) groups is 1. The maximum Gasteiger partial charge on any atom is 0.341 e. The SMILES string of the molecule is O=C(O)c1cc2cc(F)c(F)c(F)c2n(CCF)c1=O. The summed E-state index contributed by atoms with van der Waals surface area (Å²) in [6.07, 6.45) is 0. The molecule has 0 aliphatic carbocycles. The minimum absolute atomic E-state index is 0.341. The summed E-state index contributed by atoms with van der Waals surface area (Å²) in [6, 6.07) is 1.27. The molecule has 0 aliphatic heterocycles. The fourth-order valence-corrected chi connectivity index (χ4v) is 1.90. The van der Waals surface area contributed by atoms with E-state index in [-0.39, 0.29) is 5.39 Å². The first kappa shape index (κ1) is 14.0. The highest BCUT2D eigenvalue weighted by Crippen LogP contribution is 2.23. The van der Waals surface area contributed by atoms with Crippen molar-refractivity contribution in [2.75, 3.05) is 6.67 Å². The molecule has 1 heterocycles. The van der Waals surface area contributed by atoms with Crippen LogP contribution in [0.1, 0.15) is 10.4 Å². The fourth-order valence-electron chi connectivity index (χ4n) is 1.90. The predicted molar refractivity (Wildman–Crippen MR) is 61.0 cm³/mol. The largest absolute Gasteiger partial charge is 0.477 e. The van der Waals surface area contributed by atoms with Crippen LogP contribution in [0.15, 0.2) is 16.9 Å². The van der Waals surface area contributed by atoms with Gasteiger partial charge in [0.2, 0.25) is 0 Å². The second kappa shape index (κ2) is 4.95. The molecule has 0 aliphatic rings. The van der Waals surface area contributed by atoms with Crippen LogP contribution in [0.25, 0.3) is 10.9 Å². The van der Waals surface area contributed by atoms with Crippen molar-refractivity contribution >= 4 is 16.9 Å². The van der Waals surface area contributed by atoms with Crippen LogP contribution in [-0.4, -0.2) is 22.3 Å². The number of fused-ring (bicyclic) bond motifs is 1. The third-order valence-corrected chi connectivity index (χ3v) is 2.75. The first-order valence-corrected chi connectivity index (χ1v) is 5.38. The number of alkyl halides is 1. The molecule has 20 heavy (non-hydrogen) atoms. The van der Waals surface area contributed by atoms with Crippen molar-refractivity contribution in [1.29, 1.82) is 0 Å². The van der Waals surface area contributed by atoms with Gasteiger partial charge in [0.25, 0.3) is 5.56 Å². The van der Waals surface area contributed by atoms with Crippen molar-refractivity contribution in [3.8, 4) is 0 Å². The number of rotatable bonds is 3. The van der Waals surface area contributed by atoms with E-state index in [4.69, 9.17) is 5.11 Å². The summed E-state index contributed by atoms with van der Waals surface area (Å²) >= 11 is 0. The van der Waals surface area contributed by atoms with Crippen LogP contribution in [0.3, 0.4) is 0 Å². The summed E-state index contributed by atoms with van der Waals surface area (Å²) in [5, 5.41) is 8.50. The van der Waals surface area contributed by atoms with Gasteiger partial charge in [-0.25, -0.2) is 22.4 Å². The van der Waals surface area contributed by atoms with Gasteiger partial charge >= 0.3 is 5.97 Å². The Labute approximate surface area is 108 Å². The van der Waals surface area contributed by atoms with E-state index in [1.54, 1.807) is 0 Å². The van der Waals surface area contributed by atoms with E-state index < -0.39 is 53.3 Å². The first-order chi connectivity index (χ1) is 9.38. The number of nitrogens with zero attached hydrogens (tertiary/aromatic N) is 1. The molecule has 0 unspecified atom stereocenters. The molecule has 0 radical (unpaired) electrons. The molecule has 2 rings (SSSR count). The van der Waals surface area contributed by atoms with Crippen LogP contribution < -0.4 is 5.56 Å². The molecule has 0 atom stereocenters. The van der Waals surface area contributed by atoms with Crippen LogP contribution in [0.5, 0.6) is 0 Å². The lowest BCUT2D eigenvalue weighted by molar-refractivity contribution is 0.0694. The quantitative estimate of drug-likeness (QED) is 0.695. The third kappa shape index (κ3) is 2.02. The van der Waals surface area contributed by atoms with E-state index >= 15 is 0 Å². The average Bonchev–Trinajstić information content (AvgIpc) is 2.39. The van der Waals surface area contributed by atoms with E-state index in [1.807, 2.05) is 0 Å². The number of aryl methyl sites for hydroxylation is 1.